The molecule has 1 aliphatic carbocycles. The number of hydrogen-bond acceptors (Lipinski definition) is 2. The molecule has 1 amide bonds. The standard InChI is InChI=1S/C17H24N2O/c1-17(8-3-2-4-9-17)16(20)19-10-7-13-11-15(18)6-5-14(13)12-19/h5-6,11H,2-4,7-10,12,18H2,1H3. The number of anilines is 1. The van der Waals surface area contributed by atoms with Gasteiger partial charge in [-0.1, -0.05) is 32.3 Å². The molecule has 108 valence electrons. The number of rotatable bonds is 1. The van der Waals surface area contributed by atoms with Gasteiger partial charge in [0.15, 0.2) is 0 Å². The van der Waals surface area contributed by atoms with E-state index in [4.69, 9.17) is 5.73 Å². The van der Waals surface area contributed by atoms with Crippen molar-refractivity contribution in [2.45, 2.75) is 52.0 Å². The molecular formula is C17H24N2O. The maximum atomic E-state index is 12.9. The maximum absolute atomic E-state index is 12.9. The minimum Gasteiger partial charge on any atom is -0.399 e. The Morgan fingerprint density at radius 1 is 1.20 bits per heavy atom. The van der Waals surface area contributed by atoms with E-state index in [9.17, 15) is 4.79 Å². The van der Waals surface area contributed by atoms with Gasteiger partial charge >= 0.3 is 0 Å². The highest BCUT2D eigenvalue weighted by atomic mass is 16.2. The van der Waals surface area contributed by atoms with Gasteiger partial charge in [-0.05, 0) is 42.5 Å². The first-order valence-corrected chi connectivity index (χ1v) is 7.75. The van der Waals surface area contributed by atoms with Crippen LogP contribution in [0.4, 0.5) is 5.69 Å². The summed E-state index contributed by atoms with van der Waals surface area (Å²) >= 11 is 0. The molecule has 2 aliphatic rings. The third kappa shape index (κ3) is 2.41. The Morgan fingerprint density at radius 3 is 2.70 bits per heavy atom. The molecule has 0 radical (unpaired) electrons. The van der Waals surface area contributed by atoms with E-state index >= 15 is 0 Å². The number of benzene rings is 1. The van der Waals surface area contributed by atoms with Crippen molar-refractivity contribution in [1.82, 2.24) is 4.90 Å². The molecule has 3 heteroatoms. The molecule has 2 N–H and O–H groups in total. The van der Waals surface area contributed by atoms with Gasteiger partial charge in [0.25, 0.3) is 0 Å². The van der Waals surface area contributed by atoms with Gasteiger partial charge in [0.05, 0.1) is 0 Å². The monoisotopic (exact) mass is 272 g/mol. The number of hydrogen-bond donors (Lipinski definition) is 1. The van der Waals surface area contributed by atoms with E-state index in [1.54, 1.807) is 0 Å². The van der Waals surface area contributed by atoms with Crippen molar-refractivity contribution in [3.8, 4) is 0 Å². The van der Waals surface area contributed by atoms with Crippen LogP contribution in [0.1, 0.15) is 50.2 Å². The van der Waals surface area contributed by atoms with Crippen LogP contribution in [-0.2, 0) is 17.8 Å². The summed E-state index contributed by atoms with van der Waals surface area (Å²) in [6.45, 7) is 3.75. The third-order valence-electron chi connectivity index (χ3n) is 5.00. The van der Waals surface area contributed by atoms with Crippen molar-refractivity contribution in [3.05, 3.63) is 29.3 Å². The van der Waals surface area contributed by atoms with E-state index in [1.807, 2.05) is 6.07 Å². The van der Waals surface area contributed by atoms with E-state index < -0.39 is 0 Å². The number of fused-ring (bicyclic) bond motifs is 1. The summed E-state index contributed by atoms with van der Waals surface area (Å²) in [7, 11) is 0. The second-order valence-electron chi connectivity index (χ2n) is 6.63. The van der Waals surface area contributed by atoms with Crippen molar-refractivity contribution in [2.24, 2.45) is 5.41 Å². The number of carbonyl (C=O) groups excluding carboxylic acids is 1. The fourth-order valence-corrected chi connectivity index (χ4v) is 3.67. The Balaban J connectivity index is 1.76. The average molecular weight is 272 g/mol. The van der Waals surface area contributed by atoms with Crippen molar-refractivity contribution in [2.75, 3.05) is 12.3 Å². The number of nitrogens with two attached hydrogens (primary N) is 1. The second kappa shape index (κ2) is 5.12. The lowest BCUT2D eigenvalue weighted by Gasteiger charge is -2.39. The van der Waals surface area contributed by atoms with E-state index in [2.05, 4.69) is 24.0 Å². The Morgan fingerprint density at radius 2 is 1.95 bits per heavy atom. The molecule has 1 aliphatic heterocycles. The molecule has 1 aromatic rings. The summed E-state index contributed by atoms with van der Waals surface area (Å²) in [5.74, 6) is 0.361. The Kier molecular flexibility index (Phi) is 3.45. The fourth-order valence-electron chi connectivity index (χ4n) is 3.67. The van der Waals surface area contributed by atoms with Gasteiger partial charge in [-0.2, -0.15) is 0 Å². The molecule has 0 saturated heterocycles. The van der Waals surface area contributed by atoms with Crippen LogP contribution in [0.25, 0.3) is 0 Å². The van der Waals surface area contributed by atoms with Crippen LogP contribution in [0.15, 0.2) is 18.2 Å². The molecule has 1 saturated carbocycles. The zero-order chi connectivity index (χ0) is 14.2. The molecule has 0 aromatic heterocycles. The van der Waals surface area contributed by atoms with Crippen molar-refractivity contribution >= 4 is 11.6 Å². The SMILES string of the molecule is CC1(C(=O)N2CCc3cc(N)ccc3C2)CCCCC1. The first-order valence-electron chi connectivity index (χ1n) is 7.75. The molecule has 3 nitrogen and oxygen atoms in total. The predicted octanol–water partition coefficient (Wildman–Crippen LogP) is 3.12. The van der Waals surface area contributed by atoms with Gasteiger partial charge in [0, 0.05) is 24.2 Å². The summed E-state index contributed by atoms with van der Waals surface area (Å²) in [5.41, 5.74) is 9.10. The van der Waals surface area contributed by atoms with Crippen molar-refractivity contribution in [1.29, 1.82) is 0 Å². The highest BCUT2D eigenvalue weighted by molar-refractivity contribution is 5.82. The van der Waals surface area contributed by atoms with Crippen LogP contribution < -0.4 is 5.73 Å². The molecule has 1 heterocycles. The van der Waals surface area contributed by atoms with Crippen LogP contribution in [-0.4, -0.2) is 17.4 Å². The first kappa shape index (κ1) is 13.5. The molecular weight excluding hydrogens is 248 g/mol. The maximum Gasteiger partial charge on any atom is 0.228 e. The smallest absolute Gasteiger partial charge is 0.228 e. The second-order valence-corrected chi connectivity index (χ2v) is 6.63. The molecule has 0 spiro atoms. The van der Waals surface area contributed by atoms with Gasteiger partial charge in [0.1, 0.15) is 0 Å². The van der Waals surface area contributed by atoms with E-state index in [-0.39, 0.29) is 5.41 Å². The number of carbonyl (C=O) groups is 1. The lowest BCUT2D eigenvalue weighted by Crippen LogP contribution is -2.45. The summed E-state index contributed by atoms with van der Waals surface area (Å²) < 4.78 is 0. The van der Waals surface area contributed by atoms with E-state index in [1.165, 1.54) is 30.4 Å². The summed E-state index contributed by atoms with van der Waals surface area (Å²) in [4.78, 5) is 14.9. The normalized spacial score (nSPS) is 21.4. The Bertz CT molecular complexity index is 518. The average Bonchev–Trinajstić information content (AvgIpc) is 2.46. The summed E-state index contributed by atoms with van der Waals surface area (Å²) in [6.07, 6.45) is 6.72. The molecule has 0 atom stereocenters. The zero-order valence-electron chi connectivity index (χ0n) is 12.3. The zero-order valence-corrected chi connectivity index (χ0v) is 12.3. The quantitative estimate of drug-likeness (QED) is 0.798. The lowest BCUT2D eigenvalue weighted by molar-refractivity contribution is -0.144. The number of nitrogen functional groups attached to an aromatic ring is 1. The minimum atomic E-state index is -0.121. The fraction of sp³-hybridized carbons (Fsp3) is 0.588. The predicted molar refractivity (Wildman–Crippen MR) is 81.2 cm³/mol. The third-order valence-corrected chi connectivity index (χ3v) is 5.00. The highest BCUT2D eigenvalue weighted by Crippen LogP contribution is 2.38. The molecule has 3 rings (SSSR count). The summed E-state index contributed by atoms with van der Waals surface area (Å²) in [6, 6.07) is 6.07. The molecule has 0 unspecified atom stereocenters. The molecule has 1 aromatic carbocycles. The van der Waals surface area contributed by atoms with E-state index in [0.717, 1.165) is 38.0 Å². The molecule has 0 bridgehead atoms. The Labute approximate surface area is 121 Å². The highest BCUT2D eigenvalue weighted by Gasteiger charge is 2.38. The van der Waals surface area contributed by atoms with Gasteiger partial charge in [-0.15, -0.1) is 0 Å². The first-order chi connectivity index (χ1) is 9.58. The van der Waals surface area contributed by atoms with Crippen LogP contribution in [0.3, 0.4) is 0 Å². The van der Waals surface area contributed by atoms with Crippen LogP contribution in [0, 0.1) is 5.41 Å². The largest absolute Gasteiger partial charge is 0.399 e. The van der Waals surface area contributed by atoms with Crippen molar-refractivity contribution in [3.63, 3.8) is 0 Å². The van der Waals surface area contributed by atoms with Crippen molar-refractivity contribution < 1.29 is 4.79 Å². The van der Waals surface area contributed by atoms with Gasteiger partial charge in [-0.3, -0.25) is 4.79 Å². The van der Waals surface area contributed by atoms with Crippen LogP contribution in [0.5, 0.6) is 0 Å². The topological polar surface area (TPSA) is 46.3 Å². The van der Waals surface area contributed by atoms with Crippen LogP contribution >= 0.6 is 0 Å². The molecule has 1 fully saturated rings. The van der Waals surface area contributed by atoms with E-state index in [0.29, 0.717) is 5.91 Å². The molecule has 20 heavy (non-hydrogen) atoms. The minimum absolute atomic E-state index is 0.121. The number of amides is 1. The lowest BCUT2D eigenvalue weighted by atomic mass is 9.74. The van der Waals surface area contributed by atoms with Gasteiger partial charge in [0.2, 0.25) is 5.91 Å². The van der Waals surface area contributed by atoms with Gasteiger partial charge < -0.3 is 10.6 Å². The Hall–Kier alpha value is -1.51. The summed E-state index contributed by atoms with van der Waals surface area (Å²) in [5, 5.41) is 0. The van der Waals surface area contributed by atoms with Gasteiger partial charge in [-0.25, -0.2) is 0 Å². The van der Waals surface area contributed by atoms with Crippen LogP contribution in [0.2, 0.25) is 0 Å². The number of nitrogens with zero attached hydrogens (tertiary/aromatic N) is 1.